The number of hydrogen-bond donors (Lipinski definition) is 2. The molecule has 0 aromatic carbocycles. The number of aromatic nitrogens is 2. The molecular weight excluding hydrogens is 271 g/mol. The van der Waals surface area contributed by atoms with Gasteiger partial charge in [-0.3, -0.25) is 4.79 Å². The van der Waals surface area contributed by atoms with E-state index in [0.717, 1.165) is 12.6 Å². The predicted octanol–water partition coefficient (Wildman–Crippen LogP) is 1.36. The Bertz CT molecular complexity index is 565. The third-order valence-electron chi connectivity index (χ3n) is 3.81. The Labute approximate surface area is 114 Å². The maximum Gasteiger partial charge on any atom is 0.224 e. The van der Waals surface area contributed by atoms with Crippen molar-refractivity contribution in [2.24, 2.45) is 23.5 Å². The van der Waals surface area contributed by atoms with Crippen molar-refractivity contribution < 1.29 is 9.18 Å². The van der Waals surface area contributed by atoms with E-state index in [1.165, 1.54) is 0 Å². The van der Waals surface area contributed by atoms with Crippen molar-refractivity contribution >= 4 is 23.3 Å². The van der Waals surface area contributed by atoms with Crippen LogP contribution in [0.3, 0.4) is 0 Å². The molecule has 0 spiro atoms. The van der Waals surface area contributed by atoms with Crippen LogP contribution in [0.5, 0.6) is 0 Å². The second-order valence-corrected chi connectivity index (χ2v) is 5.22. The number of fused-ring (bicyclic) bond motifs is 2. The highest BCUT2D eigenvalue weighted by atomic mass is 35.5. The van der Waals surface area contributed by atoms with Gasteiger partial charge in [-0.15, -0.1) is 0 Å². The summed E-state index contributed by atoms with van der Waals surface area (Å²) in [5.74, 6) is -1.02. The van der Waals surface area contributed by atoms with Gasteiger partial charge in [-0.2, -0.15) is 4.98 Å². The molecule has 2 bridgehead atoms. The Morgan fingerprint density at radius 3 is 2.95 bits per heavy atom. The molecule has 4 atom stereocenters. The van der Waals surface area contributed by atoms with Gasteiger partial charge in [0, 0.05) is 6.04 Å². The number of halogens is 2. The maximum absolute atomic E-state index is 13.6. The Morgan fingerprint density at radius 1 is 1.47 bits per heavy atom. The van der Waals surface area contributed by atoms with E-state index in [1.54, 1.807) is 0 Å². The van der Waals surface area contributed by atoms with Gasteiger partial charge in [-0.1, -0.05) is 12.2 Å². The molecule has 1 fully saturated rings. The van der Waals surface area contributed by atoms with E-state index in [4.69, 9.17) is 17.3 Å². The van der Waals surface area contributed by atoms with Crippen molar-refractivity contribution in [2.45, 2.75) is 12.5 Å². The minimum atomic E-state index is -0.598. The first-order valence-electron chi connectivity index (χ1n) is 5.98. The minimum Gasteiger partial charge on any atom is -0.369 e. The summed E-state index contributed by atoms with van der Waals surface area (Å²) < 4.78 is 13.6. The number of nitrogens with zero attached hydrogens (tertiary/aromatic N) is 2. The van der Waals surface area contributed by atoms with Crippen LogP contribution >= 0.6 is 11.6 Å². The van der Waals surface area contributed by atoms with Crippen LogP contribution in [0.15, 0.2) is 18.3 Å². The fraction of sp³-hybridized carbons (Fsp3) is 0.417. The maximum atomic E-state index is 13.6. The summed E-state index contributed by atoms with van der Waals surface area (Å²) in [5.41, 5.74) is 5.43. The Kier molecular flexibility index (Phi) is 2.89. The Morgan fingerprint density at radius 2 is 2.21 bits per heavy atom. The summed E-state index contributed by atoms with van der Waals surface area (Å²) in [6, 6.07) is -0.243. The standard InChI is InChI=1S/C12H12ClFN4O/c13-12-16-4-7(14)11(18-12)17-9-6-2-1-5(3-6)8(9)10(15)19/h1-2,4-6,8-9H,3H2,(H2,15,19)(H,16,17,18)/t5-,6-,8?,9?/m0/s1. The lowest BCUT2D eigenvalue weighted by atomic mass is 9.88. The van der Waals surface area contributed by atoms with E-state index in [2.05, 4.69) is 15.3 Å². The summed E-state index contributed by atoms with van der Waals surface area (Å²) in [6.45, 7) is 0. The number of carbonyl (C=O) groups is 1. The number of amides is 1. The van der Waals surface area contributed by atoms with Crippen LogP contribution in [-0.2, 0) is 4.79 Å². The van der Waals surface area contributed by atoms with Gasteiger partial charge in [0.25, 0.3) is 0 Å². The van der Waals surface area contributed by atoms with E-state index in [-0.39, 0.29) is 40.8 Å². The molecule has 1 aromatic heterocycles. The fourth-order valence-electron chi connectivity index (χ4n) is 3.01. The zero-order valence-electron chi connectivity index (χ0n) is 9.88. The molecule has 19 heavy (non-hydrogen) atoms. The molecule has 0 aliphatic heterocycles. The third kappa shape index (κ3) is 2.06. The molecule has 3 N–H and O–H groups in total. The van der Waals surface area contributed by atoms with Gasteiger partial charge < -0.3 is 11.1 Å². The molecule has 2 aliphatic carbocycles. The first-order valence-corrected chi connectivity index (χ1v) is 6.36. The van der Waals surface area contributed by atoms with Crippen LogP contribution in [0, 0.1) is 23.6 Å². The van der Waals surface area contributed by atoms with Crippen LogP contribution in [-0.4, -0.2) is 21.9 Å². The van der Waals surface area contributed by atoms with Gasteiger partial charge in [-0.05, 0) is 29.9 Å². The third-order valence-corrected chi connectivity index (χ3v) is 3.99. The van der Waals surface area contributed by atoms with E-state index in [0.29, 0.717) is 0 Å². The topological polar surface area (TPSA) is 80.9 Å². The lowest BCUT2D eigenvalue weighted by Crippen LogP contribution is -2.41. The smallest absolute Gasteiger partial charge is 0.224 e. The first-order chi connectivity index (χ1) is 9.06. The van der Waals surface area contributed by atoms with Gasteiger partial charge in [0.05, 0.1) is 12.1 Å². The van der Waals surface area contributed by atoms with Gasteiger partial charge in [-0.25, -0.2) is 9.37 Å². The molecule has 1 saturated carbocycles. The number of nitrogens with two attached hydrogens (primary N) is 1. The zero-order chi connectivity index (χ0) is 13.6. The molecule has 1 amide bonds. The lowest BCUT2D eigenvalue weighted by Gasteiger charge is -2.27. The molecule has 0 saturated heterocycles. The number of primary amides is 1. The zero-order valence-corrected chi connectivity index (χ0v) is 10.6. The SMILES string of the molecule is NC(=O)C1C(Nc2nc(Cl)ncc2F)[C@H]2C=C[C@H]1C2. The highest BCUT2D eigenvalue weighted by molar-refractivity contribution is 6.28. The van der Waals surface area contributed by atoms with Gasteiger partial charge >= 0.3 is 0 Å². The molecular formula is C12H12ClFN4O. The van der Waals surface area contributed by atoms with E-state index >= 15 is 0 Å². The second-order valence-electron chi connectivity index (χ2n) is 4.88. The average Bonchev–Trinajstić information content (AvgIpc) is 2.94. The van der Waals surface area contributed by atoms with Gasteiger partial charge in [0.2, 0.25) is 11.2 Å². The summed E-state index contributed by atoms with van der Waals surface area (Å²) in [6.07, 6.45) is 5.88. The first kappa shape index (κ1) is 12.3. The van der Waals surface area contributed by atoms with Crippen molar-refractivity contribution in [2.75, 3.05) is 5.32 Å². The van der Waals surface area contributed by atoms with Crippen molar-refractivity contribution in [3.05, 3.63) is 29.4 Å². The van der Waals surface area contributed by atoms with E-state index < -0.39 is 5.82 Å². The summed E-state index contributed by atoms with van der Waals surface area (Å²) in [7, 11) is 0. The normalized spacial score (nSPS) is 31.7. The average molecular weight is 283 g/mol. The number of carbonyl (C=O) groups excluding carboxylic acids is 1. The van der Waals surface area contributed by atoms with Crippen LogP contribution < -0.4 is 11.1 Å². The lowest BCUT2D eigenvalue weighted by molar-refractivity contribution is -0.122. The van der Waals surface area contributed by atoms with Crippen LogP contribution in [0.25, 0.3) is 0 Å². The van der Waals surface area contributed by atoms with Crippen molar-refractivity contribution in [3.8, 4) is 0 Å². The van der Waals surface area contributed by atoms with Gasteiger partial charge in [0.1, 0.15) is 0 Å². The van der Waals surface area contributed by atoms with Crippen LogP contribution in [0.4, 0.5) is 10.2 Å². The minimum absolute atomic E-state index is 0.0113. The number of nitrogens with one attached hydrogen (secondary N) is 1. The van der Waals surface area contributed by atoms with Gasteiger partial charge in [0.15, 0.2) is 11.6 Å². The fourth-order valence-corrected chi connectivity index (χ4v) is 3.14. The molecule has 1 heterocycles. The van der Waals surface area contributed by atoms with Crippen molar-refractivity contribution in [1.82, 2.24) is 9.97 Å². The summed E-state index contributed by atoms with van der Waals surface area (Å²) in [4.78, 5) is 18.9. The van der Waals surface area contributed by atoms with E-state index in [9.17, 15) is 9.18 Å². The van der Waals surface area contributed by atoms with Crippen LogP contribution in [0.2, 0.25) is 5.28 Å². The summed E-state index contributed by atoms with van der Waals surface area (Å²) in [5, 5.41) is 2.91. The quantitative estimate of drug-likeness (QED) is 0.648. The molecule has 2 aliphatic rings. The number of hydrogen-bond acceptors (Lipinski definition) is 4. The molecule has 5 nitrogen and oxygen atoms in total. The number of anilines is 1. The highest BCUT2D eigenvalue weighted by Gasteiger charge is 2.47. The Hall–Kier alpha value is -1.69. The molecule has 1 aromatic rings. The van der Waals surface area contributed by atoms with Crippen molar-refractivity contribution in [3.63, 3.8) is 0 Å². The molecule has 100 valence electrons. The molecule has 0 radical (unpaired) electrons. The highest BCUT2D eigenvalue weighted by Crippen LogP contribution is 2.44. The largest absolute Gasteiger partial charge is 0.369 e. The molecule has 2 unspecified atom stereocenters. The summed E-state index contributed by atoms with van der Waals surface area (Å²) >= 11 is 5.65. The molecule has 3 rings (SSSR count). The number of allylic oxidation sites excluding steroid dienone is 1. The predicted molar refractivity (Wildman–Crippen MR) is 67.8 cm³/mol. The monoisotopic (exact) mass is 282 g/mol. The number of rotatable bonds is 3. The van der Waals surface area contributed by atoms with Crippen molar-refractivity contribution in [1.29, 1.82) is 0 Å². The van der Waals surface area contributed by atoms with Crippen LogP contribution in [0.1, 0.15) is 6.42 Å². The Balaban J connectivity index is 1.88. The molecule has 7 heteroatoms. The van der Waals surface area contributed by atoms with E-state index in [1.807, 2.05) is 12.2 Å². The second kappa shape index (κ2) is 4.45.